The number of rotatable bonds is 0. The number of hydrogen-bond donors (Lipinski definition) is 0. The maximum absolute atomic E-state index is 4.74. The van der Waals surface area contributed by atoms with Crippen LogP contribution in [0.5, 0.6) is 0 Å². The quantitative estimate of drug-likeness (QED) is 0.549. The molecule has 7 nitrogen and oxygen atoms in total. The molecule has 1 aliphatic rings. The topological polar surface area (TPSA) is 73.8 Å². The Hall–Kier alpha value is -2.10. The van der Waals surface area contributed by atoms with Crippen molar-refractivity contribution in [1.29, 1.82) is 0 Å². The molecule has 1 aliphatic heterocycles. The van der Waals surface area contributed by atoms with Crippen LogP contribution >= 0.6 is 22.6 Å². The summed E-state index contributed by atoms with van der Waals surface area (Å²) in [5.41, 5.74) is 3.71. The van der Waals surface area contributed by atoms with Crippen LogP contribution in [0.1, 0.15) is 11.4 Å². The van der Waals surface area contributed by atoms with Crippen LogP contribution in [-0.2, 0) is 6.42 Å². The Labute approximate surface area is 133 Å². The fourth-order valence-corrected chi connectivity index (χ4v) is 2.81. The van der Waals surface area contributed by atoms with E-state index in [4.69, 9.17) is 4.99 Å². The van der Waals surface area contributed by atoms with Gasteiger partial charge in [0.05, 0.1) is 29.2 Å². The predicted octanol–water partition coefficient (Wildman–Crippen LogP) is 1.91. The fourth-order valence-electron chi connectivity index (χ4n) is 2.34. The molecule has 0 N–H and O–H groups in total. The van der Waals surface area contributed by atoms with Crippen LogP contribution in [0.2, 0.25) is 0 Å². The van der Waals surface area contributed by atoms with Gasteiger partial charge in [-0.3, -0.25) is 0 Å². The van der Waals surface area contributed by atoms with E-state index >= 15 is 0 Å². The van der Waals surface area contributed by atoms with E-state index in [-0.39, 0.29) is 0 Å². The standard InChI is InChI=1S/C13H10IN7/c1-8-11-5-13(20-7-15-6-16-20)17-10-3-2-9(14)4-12(10)21(11)19-18-8/h2-4,6-7H,5H2,1H3. The molecular formula is C13H10IN7. The molecule has 0 unspecified atom stereocenters. The van der Waals surface area contributed by atoms with Crippen molar-refractivity contribution in [2.45, 2.75) is 13.3 Å². The van der Waals surface area contributed by atoms with Crippen molar-refractivity contribution in [2.75, 3.05) is 0 Å². The first kappa shape index (κ1) is 12.6. The first-order valence-electron chi connectivity index (χ1n) is 6.36. The van der Waals surface area contributed by atoms with Gasteiger partial charge < -0.3 is 0 Å². The first-order valence-corrected chi connectivity index (χ1v) is 7.44. The average molecular weight is 391 g/mol. The molecule has 1 aromatic carbocycles. The Morgan fingerprint density at radius 3 is 3.00 bits per heavy atom. The van der Waals surface area contributed by atoms with Crippen LogP contribution in [-0.4, -0.2) is 35.6 Å². The van der Waals surface area contributed by atoms with Gasteiger partial charge in [0.1, 0.15) is 18.5 Å². The number of nitrogens with zero attached hydrogens (tertiary/aromatic N) is 7. The Morgan fingerprint density at radius 2 is 2.19 bits per heavy atom. The van der Waals surface area contributed by atoms with Gasteiger partial charge in [-0.05, 0) is 47.7 Å². The lowest BCUT2D eigenvalue weighted by Gasteiger charge is -2.05. The lowest BCUT2D eigenvalue weighted by Crippen LogP contribution is -2.16. The molecule has 2 aromatic heterocycles. The first-order chi connectivity index (χ1) is 10.2. The zero-order valence-electron chi connectivity index (χ0n) is 11.1. The van der Waals surface area contributed by atoms with E-state index < -0.39 is 0 Å². The molecule has 0 radical (unpaired) electrons. The van der Waals surface area contributed by atoms with Crippen molar-refractivity contribution in [3.8, 4) is 5.69 Å². The molecular weight excluding hydrogens is 381 g/mol. The molecule has 8 heteroatoms. The summed E-state index contributed by atoms with van der Waals surface area (Å²) in [5.74, 6) is 0.805. The van der Waals surface area contributed by atoms with Crippen molar-refractivity contribution in [3.63, 3.8) is 0 Å². The summed E-state index contributed by atoms with van der Waals surface area (Å²) >= 11 is 2.28. The monoisotopic (exact) mass is 391 g/mol. The molecule has 0 aliphatic carbocycles. The number of halogens is 1. The summed E-state index contributed by atoms with van der Waals surface area (Å²) < 4.78 is 4.68. The number of fused-ring (bicyclic) bond motifs is 3. The smallest absolute Gasteiger partial charge is 0.138 e. The predicted molar refractivity (Wildman–Crippen MR) is 85.0 cm³/mol. The van der Waals surface area contributed by atoms with E-state index in [1.165, 1.54) is 6.33 Å². The van der Waals surface area contributed by atoms with Gasteiger partial charge in [-0.2, -0.15) is 5.10 Å². The molecule has 3 heterocycles. The second-order valence-electron chi connectivity index (χ2n) is 4.71. The van der Waals surface area contributed by atoms with Gasteiger partial charge in [0.15, 0.2) is 0 Å². The normalized spacial score (nSPS) is 13.3. The maximum Gasteiger partial charge on any atom is 0.138 e. The molecule has 0 bridgehead atoms. The third-order valence-electron chi connectivity index (χ3n) is 3.38. The number of aryl methyl sites for hydroxylation is 1. The van der Waals surface area contributed by atoms with E-state index in [9.17, 15) is 0 Å². The minimum absolute atomic E-state index is 0.605. The van der Waals surface area contributed by atoms with Gasteiger partial charge in [-0.1, -0.05) is 5.21 Å². The number of hydrogen-bond acceptors (Lipinski definition) is 5. The maximum atomic E-state index is 4.74. The highest BCUT2D eigenvalue weighted by molar-refractivity contribution is 14.1. The lowest BCUT2D eigenvalue weighted by molar-refractivity contribution is 0.779. The summed E-state index contributed by atoms with van der Waals surface area (Å²) in [7, 11) is 0. The minimum Gasteiger partial charge on any atom is -0.231 e. The van der Waals surface area contributed by atoms with Crippen LogP contribution in [0.15, 0.2) is 35.8 Å². The van der Waals surface area contributed by atoms with Gasteiger partial charge in [-0.25, -0.2) is 19.3 Å². The third kappa shape index (κ3) is 2.06. The zero-order chi connectivity index (χ0) is 14.4. The Kier molecular flexibility index (Phi) is 2.84. The molecule has 0 saturated carbocycles. The summed E-state index contributed by atoms with van der Waals surface area (Å²) in [5, 5.41) is 12.6. The molecule has 3 aromatic rings. The molecule has 0 fully saturated rings. The Bertz CT molecular complexity index is 848. The lowest BCUT2D eigenvalue weighted by atomic mass is 10.2. The molecule has 0 spiro atoms. The van der Waals surface area contributed by atoms with Crippen LogP contribution < -0.4 is 0 Å². The van der Waals surface area contributed by atoms with Crippen LogP contribution in [0.25, 0.3) is 5.69 Å². The fraction of sp³-hybridized carbons (Fsp3) is 0.154. The highest BCUT2D eigenvalue weighted by Crippen LogP contribution is 2.30. The van der Waals surface area contributed by atoms with E-state index in [0.29, 0.717) is 6.42 Å². The van der Waals surface area contributed by atoms with Crippen LogP contribution in [0.4, 0.5) is 5.69 Å². The molecule has 4 rings (SSSR count). The number of aliphatic imine (C=N–C) groups is 1. The molecule has 21 heavy (non-hydrogen) atoms. The highest BCUT2D eigenvalue weighted by atomic mass is 127. The van der Waals surface area contributed by atoms with Crippen molar-refractivity contribution in [2.24, 2.45) is 4.99 Å². The van der Waals surface area contributed by atoms with Gasteiger partial charge >= 0.3 is 0 Å². The largest absolute Gasteiger partial charge is 0.231 e. The van der Waals surface area contributed by atoms with Crippen molar-refractivity contribution >= 4 is 34.1 Å². The van der Waals surface area contributed by atoms with Crippen LogP contribution in [0, 0.1) is 10.5 Å². The van der Waals surface area contributed by atoms with E-state index in [1.807, 2.05) is 23.7 Å². The summed E-state index contributed by atoms with van der Waals surface area (Å²) in [4.78, 5) is 8.73. The number of aromatic nitrogens is 6. The molecule has 0 amide bonds. The summed E-state index contributed by atoms with van der Waals surface area (Å²) in [6.45, 7) is 1.96. The third-order valence-corrected chi connectivity index (χ3v) is 4.05. The van der Waals surface area contributed by atoms with Crippen molar-refractivity contribution in [3.05, 3.63) is 45.8 Å². The van der Waals surface area contributed by atoms with Crippen LogP contribution in [0.3, 0.4) is 0 Å². The Morgan fingerprint density at radius 1 is 1.29 bits per heavy atom. The average Bonchev–Trinajstić information content (AvgIpc) is 3.08. The molecule has 0 atom stereocenters. The molecule has 0 saturated heterocycles. The van der Waals surface area contributed by atoms with E-state index in [2.05, 4.69) is 49.1 Å². The second-order valence-corrected chi connectivity index (χ2v) is 5.96. The summed E-state index contributed by atoms with van der Waals surface area (Å²) in [6, 6.07) is 6.07. The Balaban J connectivity index is 2.00. The van der Waals surface area contributed by atoms with Crippen molar-refractivity contribution in [1.82, 2.24) is 29.8 Å². The zero-order valence-corrected chi connectivity index (χ0v) is 13.3. The summed E-state index contributed by atoms with van der Waals surface area (Å²) in [6.07, 6.45) is 3.76. The van der Waals surface area contributed by atoms with E-state index in [0.717, 1.165) is 32.2 Å². The molecule has 104 valence electrons. The SMILES string of the molecule is Cc1nnn2c1CC(n1cncn1)=Nc1ccc(I)cc1-2. The van der Waals surface area contributed by atoms with Gasteiger partial charge in [0.2, 0.25) is 0 Å². The number of benzene rings is 1. The van der Waals surface area contributed by atoms with E-state index in [1.54, 1.807) is 11.0 Å². The van der Waals surface area contributed by atoms with Gasteiger partial charge in [-0.15, -0.1) is 5.10 Å². The second kappa shape index (κ2) is 4.72. The van der Waals surface area contributed by atoms with Gasteiger partial charge in [0, 0.05) is 3.57 Å². The highest BCUT2D eigenvalue weighted by Gasteiger charge is 2.21. The van der Waals surface area contributed by atoms with Gasteiger partial charge in [0.25, 0.3) is 0 Å². The van der Waals surface area contributed by atoms with Crippen molar-refractivity contribution < 1.29 is 0 Å². The minimum atomic E-state index is 0.605.